The second-order valence-corrected chi connectivity index (χ2v) is 9.84. The minimum absolute atomic E-state index is 0.0163. The molecule has 0 saturated carbocycles. The van der Waals surface area contributed by atoms with Crippen LogP contribution in [0, 0.1) is 6.92 Å². The summed E-state index contributed by atoms with van der Waals surface area (Å²) >= 11 is 1.34. The van der Waals surface area contributed by atoms with Crippen LogP contribution in [0.3, 0.4) is 0 Å². The lowest BCUT2D eigenvalue weighted by Gasteiger charge is -2.23. The Morgan fingerprint density at radius 3 is 2.83 bits per heavy atom. The van der Waals surface area contributed by atoms with Gasteiger partial charge < -0.3 is 14.6 Å². The summed E-state index contributed by atoms with van der Waals surface area (Å²) in [5.41, 5.74) is 3.88. The Kier molecular flexibility index (Phi) is 5.26. The van der Waals surface area contributed by atoms with Crippen molar-refractivity contribution in [2.75, 3.05) is 18.6 Å². The van der Waals surface area contributed by atoms with Gasteiger partial charge in [0.25, 0.3) is 5.78 Å². The molecule has 36 heavy (non-hydrogen) atoms. The second kappa shape index (κ2) is 8.49. The zero-order chi connectivity index (χ0) is 25.0. The Morgan fingerprint density at radius 2 is 2.00 bits per heavy atom. The highest BCUT2D eigenvalue weighted by atomic mass is 32.1. The molecule has 1 saturated heterocycles. The maximum Gasteiger partial charge on any atom is 0.301 e. The number of aryl methyl sites for hydroxylation is 1. The molecular weight excluding hydrogens is 476 g/mol. The predicted molar refractivity (Wildman–Crippen MR) is 138 cm³/mol. The quantitative estimate of drug-likeness (QED) is 0.237. The lowest BCUT2D eigenvalue weighted by molar-refractivity contribution is -0.132. The van der Waals surface area contributed by atoms with E-state index in [9.17, 15) is 14.7 Å². The van der Waals surface area contributed by atoms with Crippen LogP contribution >= 0.6 is 11.3 Å². The lowest BCUT2D eigenvalue weighted by Crippen LogP contribution is -2.29. The van der Waals surface area contributed by atoms with Gasteiger partial charge in [-0.15, -0.1) is 0 Å². The number of aliphatic hydroxyl groups is 1. The third kappa shape index (κ3) is 3.53. The molecular formula is C28H22N2O5S. The number of methoxy groups -OCH3 is 1. The highest BCUT2D eigenvalue weighted by Crippen LogP contribution is 2.45. The monoisotopic (exact) mass is 498 g/mol. The van der Waals surface area contributed by atoms with Crippen molar-refractivity contribution in [2.45, 2.75) is 19.4 Å². The average Bonchev–Trinajstić information content (AvgIpc) is 3.59. The maximum atomic E-state index is 13.5. The fraction of sp³-hybridized carbons (Fsp3) is 0.179. The van der Waals surface area contributed by atoms with E-state index in [1.165, 1.54) is 16.2 Å². The van der Waals surface area contributed by atoms with Crippen LogP contribution in [-0.2, 0) is 16.0 Å². The van der Waals surface area contributed by atoms with Gasteiger partial charge in [0.15, 0.2) is 5.13 Å². The van der Waals surface area contributed by atoms with E-state index in [0.29, 0.717) is 28.6 Å². The Balaban J connectivity index is 1.56. The van der Waals surface area contributed by atoms with Gasteiger partial charge in [-0.05, 0) is 66.1 Å². The van der Waals surface area contributed by atoms with Crippen molar-refractivity contribution in [3.05, 3.63) is 88.5 Å². The number of Topliss-reactive ketones (excluding diaryl/α,β-unsaturated/α-hetero) is 1. The van der Waals surface area contributed by atoms with Gasteiger partial charge in [0, 0.05) is 12.0 Å². The number of nitrogens with zero attached hydrogens (tertiary/aromatic N) is 2. The Morgan fingerprint density at radius 1 is 1.14 bits per heavy atom. The standard InChI is InChI=1S/C28H22N2O5S/c1-15-6-8-20-22(12-15)36-28(29-20)30-24(17-4-3-5-19(14-17)34-2)23(26(32)27(30)33)25(31)18-7-9-21-16(13-18)10-11-35-21/h3-9,12-14,24,31H,10-11H2,1-2H3/b25-23+. The van der Waals surface area contributed by atoms with Crippen LogP contribution in [0.15, 0.2) is 66.2 Å². The third-order valence-corrected chi connectivity index (χ3v) is 7.57. The smallest absolute Gasteiger partial charge is 0.301 e. The number of amides is 1. The van der Waals surface area contributed by atoms with Gasteiger partial charge in [-0.2, -0.15) is 0 Å². The Hall–Kier alpha value is -4.17. The van der Waals surface area contributed by atoms with Crippen LogP contribution in [-0.4, -0.2) is 35.5 Å². The van der Waals surface area contributed by atoms with Gasteiger partial charge in [-0.25, -0.2) is 4.98 Å². The second-order valence-electron chi connectivity index (χ2n) is 8.83. The maximum absolute atomic E-state index is 13.5. The number of hydrogen-bond donors (Lipinski definition) is 1. The first-order valence-corrected chi connectivity index (χ1v) is 12.3. The molecule has 0 radical (unpaired) electrons. The number of carbonyl (C=O) groups is 2. The van der Waals surface area contributed by atoms with Crippen molar-refractivity contribution in [1.82, 2.24) is 4.98 Å². The first-order chi connectivity index (χ1) is 17.4. The Labute approximate surface area is 211 Å². The van der Waals surface area contributed by atoms with E-state index in [1.807, 2.05) is 37.3 Å². The lowest BCUT2D eigenvalue weighted by atomic mass is 9.94. The van der Waals surface area contributed by atoms with Gasteiger partial charge in [0.05, 0.1) is 35.5 Å². The molecule has 4 aromatic rings. The Bertz CT molecular complexity index is 1590. The number of aromatic nitrogens is 1. The first-order valence-electron chi connectivity index (χ1n) is 11.5. The van der Waals surface area contributed by atoms with E-state index in [-0.39, 0.29) is 11.3 Å². The number of ketones is 1. The SMILES string of the molecule is COc1cccc(C2/C(=C(\O)c3ccc4c(c3)CCO4)C(=O)C(=O)N2c2nc3ccc(C)cc3s2)c1. The summed E-state index contributed by atoms with van der Waals surface area (Å²) in [5.74, 6) is -0.374. The van der Waals surface area contributed by atoms with E-state index in [2.05, 4.69) is 4.98 Å². The number of carbonyl (C=O) groups excluding carboxylic acids is 2. The molecule has 0 aliphatic carbocycles. The molecule has 8 heteroatoms. The number of anilines is 1. The molecule has 3 heterocycles. The predicted octanol–water partition coefficient (Wildman–Crippen LogP) is 5.17. The van der Waals surface area contributed by atoms with E-state index in [4.69, 9.17) is 9.47 Å². The zero-order valence-corrected chi connectivity index (χ0v) is 20.5. The number of hydrogen-bond acceptors (Lipinski definition) is 7. The van der Waals surface area contributed by atoms with Crippen molar-refractivity contribution in [2.24, 2.45) is 0 Å². The summed E-state index contributed by atoms with van der Waals surface area (Å²) in [4.78, 5) is 33.0. The van der Waals surface area contributed by atoms with Crippen LogP contribution in [0.5, 0.6) is 11.5 Å². The molecule has 1 amide bonds. The topological polar surface area (TPSA) is 89.0 Å². The summed E-state index contributed by atoms with van der Waals surface area (Å²) in [5, 5.41) is 11.8. The fourth-order valence-electron chi connectivity index (χ4n) is 4.77. The average molecular weight is 499 g/mol. The van der Waals surface area contributed by atoms with Crippen molar-refractivity contribution >= 4 is 44.1 Å². The van der Waals surface area contributed by atoms with E-state index < -0.39 is 17.7 Å². The highest BCUT2D eigenvalue weighted by Gasteiger charge is 2.48. The largest absolute Gasteiger partial charge is 0.507 e. The van der Waals surface area contributed by atoms with Crippen molar-refractivity contribution in [1.29, 1.82) is 0 Å². The normalized spacial score (nSPS) is 18.5. The molecule has 0 bridgehead atoms. The van der Waals surface area contributed by atoms with Gasteiger partial charge in [-0.1, -0.05) is 29.5 Å². The fourth-order valence-corrected chi connectivity index (χ4v) is 5.86. The minimum atomic E-state index is -0.869. The molecule has 7 nitrogen and oxygen atoms in total. The molecule has 0 spiro atoms. The number of aliphatic hydroxyl groups excluding tert-OH is 1. The summed E-state index contributed by atoms with van der Waals surface area (Å²) in [6.45, 7) is 2.56. The molecule has 2 aliphatic heterocycles. The van der Waals surface area contributed by atoms with Gasteiger partial charge in [-0.3, -0.25) is 14.5 Å². The highest BCUT2D eigenvalue weighted by molar-refractivity contribution is 7.22. The molecule has 1 N–H and O–H groups in total. The molecule has 6 rings (SSSR count). The van der Waals surface area contributed by atoms with Crippen LogP contribution in [0.1, 0.15) is 28.3 Å². The first kappa shape index (κ1) is 22.3. The summed E-state index contributed by atoms with van der Waals surface area (Å²) in [6.07, 6.45) is 0.717. The van der Waals surface area contributed by atoms with E-state index in [1.54, 1.807) is 37.4 Å². The van der Waals surface area contributed by atoms with E-state index >= 15 is 0 Å². The summed E-state index contributed by atoms with van der Waals surface area (Å²) < 4.78 is 11.9. The summed E-state index contributed by atoms with van der Waals surface area (Å²) in [6, 6.07) is 17.4. The number of rotatable bonds is 4. The zero-order valence-electron chi connectivity index (χ0n) is 19.6. The van der Waals surface area contributed by atoms with Crippen molar-refractivity contribution in [3.8, 4) is 11.5 Å². The molecule has 180 valence electrons. The van der Waals surface area contributed by atoms with E-state index in [0.717, 1.165) is 33.5 Å². The van der Waals surface area contributed by atoms with Crippen LogP contribution < -0.4 is 14.4 Å². The summed E-state index contributed by atoms with van der Waals surface area (Å²) in [7, 11) is 1.55. The number of fused-ring (bicyclic) bond motifs is 2. The van der Waals surface area contributed by atoms with Crippen molar-refractivity contribution in [3.63, 3.8) is 0 Å². The van der Waals surface area contributed by atoms with Gasteiger partial charge in [0.1, 0.15) is 17.3 Å². The van der Waals surface area contributed by atoms with Crippen LogP contribution in [0.25, 0.3) is 16.0 Å². The van der Waals surface area contributed by atoms with Gasteiger partial charge in [0.2, 0.25) is 0 Å². The minimum Gasteiger partial charge on any atom is -0.507 e. The molecule has 1 fully saturated rings. The number of benzene rings is 3. The number of thiazole rings is 1. The molecule has 3 aromatic carbocycles. The van der Waals surface area contributed by atoms with Crippen molar-refractivity contribution < 1.29 is 24.2 Å². The third-order valence-electron chi connectivity index (χ3n) is 6.56. The molecule has 1 aromatic heterocycles. The molecule has 2 aliphatic rings. The van der Waals surface area contributed by atoms with Crippen LogP contribution in [0.4, 0.5) is 5.13 Å². The molecule has 1 unspecified atom stereocenters. The molecule has 1 atom stereocenters. The number of ether oxygens (including phenoxy) is 2. The van der Waals surface area contributed by atoms with Gasteiger partial charge >= 0.3 is 5.91 Å². The van der Waals surface area contributed by atoms with Crippen LogP contribution in [0.2, 0.25) is 0 Å².